The summed E-state index contributed by atoms with van der Waals surface area (Å²) >= 11 is 0. The Balaban J connectivity index is 1.50. The third-order valence-electron chi connectivity index (χ3n) is 6.87. The monoisotopic (exact) mass is 466 g/mol. The average Bonchev–Trinajstić information content (AvgIpc) is 3.17. The number of nitrogens with zero attached hydrogens (tertiary/aromatic N) is 1. The van der Waals surface area contributed by atoms with Gasteiger partial charge in [0.15, 0.2) is 0 Å². The normalized spacial score (nSPS) is 17.2. The van der Waals surface area contributed by atoms with Crippen LogP contribution in [0.1, 0.15) is 43.7 Å². The van der Waals surface area contributed by atoms with Crippen LogP contribution in [-0.4, -0.2) is 65.9 Å². The number of carbonyl (C=O) groups is 3. The van der Waals surface area contributed by atoms with E-state index in [0.717, 1.165) is 22.3 Å². The molecule has 1 unspecified atom stereocenters. The van der Waals surface area contributed by atoms with E-state index in [0.29, 0.717) is 0 Å². The van der Waals surface area contributed by atoms with Crippen LogP contribution in [-0.2, 0) is 19.1 Å². The lowest BCUT2D eigenvalue weighted by molar-refractivity contribution is -0.154. The smallest absolute Gasteiger partial charge is 0.408 e. The zero-order valence-corrected chi connectivity index (χ0v) is 19.5. The first-order valence-corrected chi connectivity index (χ1v) is 11.6. The molecule has 2 aromatic carbocycles. The van der Waals surface area contributed by atoms with Gasteiger partial charge in [-0.3, -0.25) is 4.79 Å². The molecule has 1 fully saturated rings. The van der Waals surface area contributed by atoms with E-state index >= 15 is 0 Å². The lowest BCUT2D eigenvalue weighted by Crippen LogP contribution is -2.64. The number of amides is 2. The fourth-order valence-electron chi connectivity index (χ4n) is 4.94. The van der Waals surface area contributed by atoms with E-state index in [4.69, 9.17) is 9.47 Å². The summed E-state index contributed by atoms with van der Waals surface area (Å²) in [6.07, 6.45) is -0.200. The summed E-state index contributed by atoms with van der Waals surface area (Å²) in [5.41, 5.74) is 3.19. The van der Waals surface area contributed by atoms with Gasteiger partial charge in [0.2, 0.25) is 5.91 Å². The van der Waals surface area contributed by atoms with E-state index in [1.165, 1.54) is 11.8 Å². The second-order valence-corrected chi connectivity index (χ2v) is 8.75. The topological polar surface area (TPSA) is 105 Å². The van der Waals surface area contributed by atoms with Gasteiger partial charge >= 0.3 is 12.1 Å². The van der Waals surface area contributed by atoms with Crippen LogP contribution in [0.3, 0.4) is 0 Å². The predicted molar refractivity (Wildman–Crippen MR) is 125 cm³/mol. The van der Waals surface area contributed by atoms with Gasteiger partial charge in [-0.1, -0.05) is 48.5 Å². The molecule has 1 aliphatic heterocycles. The van der Waals surface area contributed by atoms with Gasteiger partial charge < -0.3 is 24.8 Å². The zero-order valence-electron chi connectivity index (χ0n) is 19.5. The van der Waals surface area contributed by atoms with Crippen LogP contribution in [0.4, 0.5) is 4.79 Å². The molecule has 2 aliphatic rings. The number of benzene rings is 2. The van der Waals surface area contributed by atoms with Crippen LogP contribution in [0.2, 0.25) is 0 Å². The fraction of sp³-hybridized carbons (Fsp3) is 0.423. The lowest BCUT2D eigenvalue weighted by Gasteiger charge is -2.40. The molecule has 0 bridgehead atoms. The van der Waals surface area contributed by atoms with Gasteiger partial charge in [-0.2, -0.15) is 0 Å². The van der Waals surface area contributed by atoms with Gasteiger partial charge in [-0.05, 0) is 36.1 Å². The second-order valence-electron chi connectivity index (χ2n) is 8.75. The van der Waals surface area contributed by atoms with Crippen molar-refractivity contribution in [1.82, 2.24) is 10.2 Å². The van der Waals surface area contributed by atoms with Crippen molar-refractivity contribution in [3.05, 3.63) is 59.7 Å². The minimum atomic E-state index is -1.26. The molecule has 0 aromatic heterocycles. The van der Waals surface area contributed by atoms with Gasteiger partial charge in [0.25, 0.3) is 0 Å². The summed E-state index contributed by atoms with van der Waals surface area (Å²) in [7, 11) is 0. The Morgan fingerprint density at radius 1 is 1.09 bits per heavy atom. The third-order valence-corrected chi connectivity index (χ3v) is 6.87. The molecule has 8 nitrogen and oxygen atoms in total. The molecule has 0 spiro atoms. The molecular formula is C26H30N2O6. The predicted octanol–water partition coefficient (Wildman–Crippen LogP) is 3.40. The number of rotatable bonds is 7. The maximum Gasteiger partial charge on any atom is 0.408 e. The van der Waals surface area contributed by atoms with Gasteiger partial charge in [-0.25, -0.2) is 9.59 Å². The number of carboxylic acids is 1. The van der Waals surface area contributed by atoms with Crippen LogP contribution in [0.15, 0.2) is 48.5 Å². The molecular weight excluding hydrogens is 436 g/mol. The molecule has 180 valence electrons. The maximum absolute atomic E-state index is 13.5. The van der Waals surface area contributed by atoms with E-state index in [1.807, 2.05) is 36.4 Å². The maximum atomic E-state index is 13.5. The highest BCUT2D eigenvalue weighted by molar-refractivity contribution is 5.93. The van der Waals surface area contributed by atoms with Crippen molar-refractivity contribution in [2.75, 3.05) is 26.4 Å². The van der Waals surface area contributed by atoms with Crippen molar-refractivity contribution in [3.8, 4) is 11.1 Å². The molecule has 34 heavy (non-hydrogen) atoms. The number of alkyl carbamates (subject to hydrolysis) is 1. The summed E-state index contributed by atoms with van der Waals surface area (Å²) in [6.45, 7) is 4.09. The van der Waals surface area contributed by atoms with Crippen molar-refractivity contribution in [1.29, 1.82) is 0 Å². The highest BCUT2D eigenvalue weighted by Gasteiger charge is 2.46. The van der Waals surface area contributed by atoms with Crippen LogP contribution < -0.4 is 5.32 Å². The standard InChI is InChI=1S/C26H30N2O6/c1-3-28(17(2)23(29)30)24(31)26(12-14-33-15-13-26)27-25(32)34-16-22-20-10-6-4-8-18(20)19-9-5-7-11-21(19)22/h4-11,17,22H,3,12-16H2,1-2H3,(H,27,32)(H,29,30). The number of likely N-dealkylation sites (N-methyl/N-ethyl adjacent to an activating group) is 1. The van der Waals surface area contributed by atoms with E-state index in [-0.39, 0.29) is 45.1 Å². The number of aliphatic carboxylic acids is 1. The van der Waals surface area contributed by atoms with Crippen LogP contribution >= 0.6 is 0 Å². The van der Waals surface area contributed by atoms with E-state index < -0.39 is 29.6 Å². The molecule has 1 aliphatic carbocycles. The SMILES string of the molecule is CCN(C(=O)C1(NC(=O)OCC2c3ccccc3-c3ccccc32)CCOCC1)C(C)C(=O)O. The number of fused-ring (bicyclic) bond motifs is 3. The summed E-state index contributed by atoms with van der Waals surface area (Å²) in [5, 5.41) is 12.2. The number of hydrogen-bond acceptors (Lipinski definition) is 5. The molecule has 1 heterocycles. The van der Waals surface area contributed by atoms with Gasteiger partial charge in [0.05, 0.1) is 0 Å². The fourth-order valence-corrected chi connectivity index (χ4v) is 4.94. The van der Waals surface area contributed by atoms with Crippen LogP contribution in [0.5, 0.6) is 0 Å². The minimum Gasteiger partial charge on any atom is -0.480 e. The van der Waals surface area contributed by atoms with E-state index in [9.17, 15) is 19.5 Å². The highest BCUT2D eigenvalue weighted by Crippen LogP contribution is 2.44. The summed E-state index contributed by atoms with van der Waals surface area (Å²) in [4.78, 5) is 39.2. The van der Waals surface area contributed by atoms with Crippen molar-refractivity contribution in [3.63, 3.8) is 0 Å². The Morgan fingerprint density at radius 2 is 1.65 bits per heavy atom. The Labute approximate surface area is 198 Å². The first-order chi connectivity index (χ1) is 16.4. The first-order valence-electron chi connectivity index (χ1n) is 11.6. The minimum absolute atomic E-state index is 0.0985. The number of nitrogens with one attached hydrogen (secondary N) is 1. The third kappa shape index (κ3) is 4.37. The molecule has 0 radical (unpaired) electrons. The molecule has 8 heteroatoms. The van der Waals surface area contributed by atoms with Crippen LogP contribution in [0.25, 0.3) is 11.1 Å². The molecule has 1 saturated heterocycles. The summed E-state index contributed by atoms with van der Waals surface area (Å²) < 4.78 is 11.1. The molecule has 2 aromatic rings. The number of hydrogen-bond donors (Lipinski definition) is 2. The zero-order chi connectivity index (χ0) is 24.3. The van der Waals surface area contributed by atoms with E-state index in [2.05, 4.69) is 17.4 Å². The molecule has 2 amide bonds. The molecule has 2 N–H and O–H groups in total. The second kappa shape index (κ2) is 9.85. The van der Waals surface area contributed by atoms with Gasteiger partial charge in [-0.15, -0.1) is 0 Å². The number of carbonyl (C=O) groups excluding carboxylic acids is 2. The largest absolute Gasteiger partial charge is 0.480 e. The van der Waals surface area contributed by atoms with Crippen molar-refractivity contribution >= 4 is 18.0 Å². The number of carboxylic acid groups (broad SMARTS) is 1. The van der Waals surface area contributed by atoms with E-state index in [1.54, 1.807) is 6.92 Å². The van der Waals surface area contributed by atoms with Crippen molar-refractivity contribution in [2.24, 2.45) is 0 Å². The summed E-state index contributed by atoms with van der Waals surface area (Å²) in [6, 6.07) is 15.1. The molecule has 1 atom stereocenters. The van der Waals surface area contributed by atoms with Crippen molar-refractivity contribution < 1.29 is 29.0 Å². The lowest BCUT2D eigenvalue weighted by atomic mass is 9.88. The van der Waals surface area contributed by atoms with Gasteiger partial charge in [0.1, 0.15) is 18.2 Å². The highest BCUT2D eigenvalue weighted by atomic mass is 16.5. The Bertz CT molecular complexity index is 1030. The van der Waals surface area contributed by atoms with Crippen LogP contribution in [0, 0.1) is 0 Å². The Morgan fingerprint density at radius 3 is 2.18 bits per heavy atom. The van der Waals surface area contributed by atoms with Crippen molar-refractivity contribution in [2.45, 2.75) is 44.2 Å². The Kier molecular flexibility index (Phi) is 6.88. The summed E-state index contributed by atoms with van der Waals surface area (Å²) in [5.74, 6) is -1.63. The molecule has 4 rings (SSSR count). The average molecular weight is 467 g/mol. The Hall–Kier alpha value is -3.39. The quantitative estimate of drug-likeness (QED) is 0.648. The number of ether oxygens (including phenoxy) is 2. The molecule has 0 saturated carbocycles. The van der Waals surface area contributed by atoms with Gasteiger partial charge in [0, 0.05) is 38.5 Å². The first kappa shape index (κ1) is 23.8.